The molecule has 0 spiro atoms. The fourth-order valence-electron chi connectivity index (χ4n) is 3.95. The average molecular weight is 616 g/mol. The smallest absolute Gasteiger partial charge is 0.374 e. The van der Waals surface area contributed by atoms with Crippen LogP contribution in [0, 0.1) is 0 Å². The van der Waals surface area contributed by atoms with Crippen molar-refractivity contribution in [3.05, 3.63) is 80.2 Å². The highest BCUT2D eigenvalue weighted by molar-refractivity contribution is 9.11. The summed E-state index contributed by atoms with van der Waals surface area (Å²) < 4.78 is 44.2. The fourth-order valence-corrected chi connectivity index (χ4v) is 5.55. The third-order valence-electron chi connectivity index (χ3n) is 5.59. The first-order valence-electron chi connectivity index (χ1n) is 10.2. The monoisotopic (exact) mass is 614 g/mol. The van der Waals surface area contributed by atoms with E-state index in [1.165, 1.54) is 12.1 Å². The van der Waals surface area contributed by atoms with Crippen LogP contribution in [0.3, 0.4) is 0 Å². The second kappa shape index (κ2) is 9.91. The van der Waals surface area contributed by atoms with Crippen molar-refractivity contribution in [3.8, 4) is 0 Å². The molecule has 34 heavy (non-hydrogen) atoms. The van der Waals surface area contributed by atoms with E-state index < -0.39 is 18.2 Å². The van der Waals surface area contributed by atoms with Crippen LogP contribution in [-0.4, -0.2) is 36.3 Å². The van der Waals surface area contributed by atoms with Gasteiger partial charge in [-0.1, -0.05) is 67.3 Å². The molecule has 0 fully saturated rings. The molecule has 1 N–H and O–H groups in total. The van der Waals surface area contributed by atoms with Gasteiger partial charge in [0, 0.05) is 44.4 Å². The Morgan fingerprint density at radius 2 is 1.79 bits per heavy atom. The van der Waals surface area contributed by atoms with Crippen LogP contribution < -0.4 is 5.32 Å². The van der Waals surface area contributed by atoms with Gasteiger partial charge in [0.15, 0.2) is 0 Å². The van der Waals surface area contributed by atoms with Gasteiger partial charge in [-0.25, -0.2) is 0 Å². The number of hydrogen-bond acceptors (Lipinski definition) is 4. The highest BCUT2D eigenvalue weighted by Crippen LogP contribution is 2.50. The van der Waals surface area contributed by atoms with Crippen LogP contribution in [0.25, 0.3) is 10.8 Å². The molecule has 1 unspecified atom stereocenters. The molecule has 1 aliphatic rings. The van der Waals surface area contributed by atoms with E-state index in [-0.39, 0.29) is 17.2 Å². The third kappa shape index (κ3) is 4.72. The van der Waals surface area contributed by atoms with Crippen LogP contribution in [0.1, 0.15) is 27.9 Å². The zero-order valence-corrected chi connectivity index (χ0v) is 21.9. The minimum atomic E-state index is -4.72. The third-order valence-corrected chi connectivity index (χ3v) is 7.11. The van der Waals surface area contributed by atoms with E-state index >= 15 is 0 Å². The number of amides is 1. The van der Waals surface area contributed by atoms with Gasteiger partial charge in [0.2, 0.25) is 0 Å². The second-order valence-electron chi connectivity index (χ2n) is 7.74. The van der Waals surface area contributed by atoms with Gasteiger partial charge in [0.25, 0.3) is 11.5 Å². The van der Waals surface area contributed by atoms with E-state index in [2.05, 4.69) is 42.3 Å². The summed E-state index contributed by atoms with van der Waals surface area (Å²) in [6, 6.07) is 14.8. The van der Waals surface area contributed by atoms with E-state index in [4.69, 9.17) is 4.84 Å². The number of nitrogens with one attached hydrogen (secondary N) is 1. The van der Waals surface area contributed by atoms with E-state index in [1.807, 2.05) is 6.26 Å². The van der Waals surface area contributed by atoms with Gasteiger partial charge in [-0.2, -0.15) is 24.9 Å². The molecule has 4 rings (SSSR count). The molecule has 10 heteroatoms. The van der Waals surface area contributed by atoms with Crippen molar-refractivity contribution < 1.29 is 22.8 Å². The molecule has 0 aliphatic carbocycles. The molecule has 0 saturated heterocycles. The first-order chi connectivity index (χ1) is 16.2. The maximum atomic E-state index is 14.4. The lowest BCUT2D eigenvalue weighted by molar-refractivity contribution is -0.275. The number of oxime groups is 1. The number of halogens is 5. The highest BCUT2D eigenvalue weighted by Gasteiger charge is 2.62. The number of hydrogen-bond donors (Lipinski definition) is 1. The van der Waals surface area contributed by atoms with E-state index in [1.54, 1.807) is 54.2 Å². The number of carbonyl (C=O) groups excluding carboxylic acids is 1. The van der Waals surface area contributed by atoms with Crippen LogP contribution in [-0.2, 0) is 10.4 Å². The predicted octanol–water partition coefficient (Wildman–Crippen LogP) is 7.04. The lowest BCUT2D eigenvalue weighted by Gasteiger charge is -2.29. The van der Waals surface area contributed by atoms with Crippen LogP contribution in [0.5, 0.6) is 0 Å². The molecular weight excluding hydrogens is 597 g/mol. The molecule has 1 aliphatic heterocycles. The van der Waals surface area contributed by atoms with Crippen LogP contribution >= 0.6 is 43.6 Å². The largest absolute Gasteiger partial charge is 0.435 e. The van der Waals surface area contributed by atoms with Crippen molar-refractivity contribution in [2.75, 3.05) is 18.6 Å². The fraction of sp³-hybridized carbons (Fsp3) is 0.250. The Labute approximate surface area is 215 Å². The first-order valence-corrected chi connectivity index (χ1v) is 13.2. The predicted molar refractivity (Wildman–Crippen MR) is 136 cm³/mol. The second-order valence-corrected chi connectivity index (χ2v) is 10.6. The Morgan fingerprint density at radius 1 is 1.12 bits per heavy atom. The standard InChI is InChI=1S/C24H19Br2F3N2O2S/c1-34-9-8-30-22(32)20-7-6-19(17-4-2-3-5-18(17)20)21-13-23(33-31-21,24(27,28)29)14-10-15(25)12-16(26)11-14/h2-7,10-12H,8-9,13H2,1H3,(H,30,32). The maximum absolute atomic E-state index is 14.4. The SMILES string of the molecule is CSCCNC(=O)c1ccc(C2=NOC(c3cc(Br)cc(Br)c3)(C(F)(F)F)C2)c2ccccc12. The van der Waals surface area contributed by atoms with Crippen molar-refractivity contribution in [3.63, 3.8) is 0 Å². The van der Waals surface area contributed by atoms with Gasteiger partial charge in [0.05, 0.1) is 5.71 Å². The lowest BCUT2D eigenvalue weighted by atomic mass is 9.85. The molecule has 1 heterocycles. The Hall–Kier alpha value is -2.04. The summed E-state index contributed by atoms with van der Waals surface area (Å²) in [4.78, 5) is 17.9. The first kappa shape index (κ1) is 25.1. The number of alkyl halides is 3. The number of rotatable bonds is 6. The normalized spacial score (nSPS) is 18.0. The molecule has 178 valence electrons. The summed E-state index contributed by atoms with van der Waals surface area (Å²) in [5.74, 6) is 0.547. The van der Waals surface area contributed by atoms with E-state index in [0.29, 0.717) is 37.4 Å². The molecule has 4 nitrogen and oxygen atoms in total. The summed E-state index contributed by atoms with van der Waals surface area (Å²) in [5, 5.41) is 8.06. The van der Waals surface area contributed by atoms with Crippen LogP contribution in [0.4, 0.5) is 13.2 Å². The zero-order valence-electron chi connectivity index (χ0n) is 17.9. The van der Waals surface area contributed by atoms with E-state index in [9.17, 15) is 18.0 Å². The summed E-state index contributed by atoms with van der Waals surface area (Å²) in [7, 11) is 0. The molecule has 0 saturated carbocycles. The quantitative estimate of drug-likeness (QED) is 0.303. The van der Waals surface area contributed by atoms with E-state index in [0.717, 1.165) is 5.75 Å². The molecule has 0 bridgehead atoms. The Morgan fingerprint density at radius 3 is 2.44 bits per heavy atom. The van der Waals surface area contributed by atoms with Crippen molar-refractivity contribution in [2.45, 2.75) is 18.2 Å². The summed E-state index contributed by atoms with van der Waals surface area (Å²) in [6.45, 7) is 0.521. The van der Waals surface area contributed by atoms with Crippen molar-refractivity contribution in [1.82, 2.24) is 5.32 Å². The molecule has 1 atom stereocenters. The number of carbonyl (C=O) groups is 1. The van der Waals surface area contributed by atoms with Crippen molar-refractivity contribution in [1.29, 1.82) is 0 Å². The Balaban J connectivity index is 1.75. The Bertz CT molecular complexity index is 1260. The minimum absolute atomic E-state index is 0.0610. The zero-order chi connectivity index (χ0) is 24.5. The summed E-state index contributed by atoms with van der Waals surface area (Å²) >= 11 is 8.14. The van der Waals surface area contributed by atoms with Crippen molar-refractivity contribution >= 4 is 66.0 Å². The molecule has 0 aromatic heterocycles. The molecule has 3 aromatic carbocycles. The minimum Gasteiger partial charge on any atom is -0.374 e. The maximum Gasteiger partial charge on any atom is 0.435 e. The molecule has 3 aromatic rings. The lowest BCUT2D eigenvalue weighted by Crippen LogP contribution is -2.42. The number of thioether (sulfide) groups is 1. The molecule has 1 amide bonds. The van der Waals surface area contributed by atoms with Crippen LogP contribution in [0.2, 0.25) is 0 Å². The van der Waals surface area contributed by atoms with Gasteiger partial charge in [-0.15, -0.1) is 0 Å². The van der Waals surface area contributed by atoms with Gasteiger partial charge < -0.3 is 10.2 Å². The van der Waals surface area contributed by atoms with Crippen LogP contribution in [0.15, 0.2) is 68.7 Å². The number of fused-ring (bicyclic) bond motifs is 1. The summed E-state index contributed by atoms with van der Waals surface area (Å²) in [5.41, 5.74) is -1.56. The number of nitrogens with zero attached hydrogens (tertiary/aromatic N) is 1. The van der Waals surface area contributed by atoms with Gasteiger partial charge in [-0.3, -0.25) is 4.79 Å². The van der Waals surface area contributed by atoms with Gasteiger partial charge >= 0.3 is 6.18 Å². The number of benzene rings is 3. The summed E-state index contributed by atoms with van der Waals surface area (Å²) in [6.07, 6.45) is -3.26. The highest BCUT2D eigenvalue weighted by atomic mass is 79.9. The topological polar surface area (TPSA) is 50.7 Å². The molecule has 0 radical (unpaired) electrons. The average Bonchev–Trinajstić information content (AvgIpc) is 3.25. The van der Waals surface area contributed by atoms with Gasteiger partial charge in [-0.05, 0) is 41.3 Å². The molecular formula is C24H19Br2F3N2O2S. The van der Waals surface area contributed by atoms with Gasteiger partial charge in [0.1, 0.15) is 0 Å². The van der Waals surface area contributed by atoms with Crippen molar-refractivity contribution in [2.24, 2.45) is 5.16 Å². The Kier molecular flexibility index (Phi) is 7.30.